The molecule has 0 aliphatic carbocycles. The predicted molar refractivity (Wildman–Crippen MR) is 62.3 cm³/mol. The zero-order chi connectivity index (χ0) is 11.1. The molecule has 1 aromatic rings. The molecule has 0 fully saturated rings. The molecule has 2 heteroatoms. The normalized spacial score (nSPS) is 12.1. The topological polar surface area (TPSA) is 35.8 Å². The summed E-state index contributed by atoms with van der Waals surface area (Å²) in [5, 5.41) is 12.1. The number of nitrogens with one attached hydrogen (secondary N) is 1. The summed E-state index contributed by atoms with van der Waals surface area (Å²) < 4.78 is 0. The van der Waals surface area contributed by atoms with E-state index < -0.39 is 0 Å². The van der Waals surface area contributed by atoms with Crippen LogP contribution in [0.5, 0.6) is 0 Å². The number of benzene rings is 1. The summed E-state index contributed by atoms with van der Waals surface area (Å²) in [6.07, 6.45) is 1.20. The first-order valence-electron chi connectivity index (χ1n) is 5.46. The van der Waals surface area contributed by atoms with Gasteiger partial charge >= 0.3 is 0 Å². The van der Waals surface area contributed by atoms with Crippen molar-refractivity contribution in [1.82, 2.24) is 5.32 Å². The minimum Gasteiger partial charge on any atom is -0.312 e. The highest BCUT2D eigenvalue weighted by Crippen LogP contribution is 2.04. The molecule has 0 saturated heterocycles. The van der Waals surface area contributed by atoms with Gasteiger partial charge in [-0.1, -0.05) is 32.4 Å². The molecule has 0 amide bonds. The molecule has 1 atom stereocenters. The van der Waals surface area contributed by atoms with Gasteiger partial charge < -0.3 is 5.32 Å². The molecule has 0 spiro atoms. The second-order valence-electron chi connectivity index (χ2n) is 3.96. The van der Waals surface area contributed by atoms with Crippen LogP contribution in [0.15, 0.2) is 24.3 Å². The number of hydrogen-bond acceptors (Lipinski definition) is 2. The van der Waals surface area contributed by atoms with Crippen molar-refractivity contribution in [2.45, 2.75) is 26.8 Å². The maximum atomic E-state index is 8.74. The van der Waals surface area contributed by atoms with Gasteiger partial charge in [-0.15, -0.1) is 0 Å². The van der Waals surface area contributed by atoms with Crippen molar-refractivity contribution in [2.24, 2.45) is 5.92 Å². The summed E-state index contributed by atoms with van der Waals surface area (Å²) in [5.74, 6) is 0.712. The standard InChI is InChI=1S/C13H18N2/c1-3-11(2)9-15-10-13-6-4-5-12(7-13)8-14/h4-7,11,15H,3,9-10H2,1-2H3. The number of nitrogens with zero attached hydrogens (tertiary/aromatic N) is 1. The number of nitriles is 1. The molecule has 2 nitrogen and oxygen atoms in total. The lowest BCUT2D eigenvalue weighted by molar-refractivity contribution is 0.500. The van der Waals surface area contributed by atoms with Crippen LogP contribution in [-0.2, 0) is 6.54 Å². The van der Waals surface area contributed by atoms with E-state index >= 15 is 0 Å². The highest BCUT2D eigenvalue weighted by molar-refractivity contribution is 5.32. The van der Waals surface area contributed by atoms with Crippen molar-refractivity contribution in [3.05, 3.63) is 35.4 Å². The first kappa shape index (κ1) is 11.7. The molecule has 80 valence electrons. The molecular formula is C13H18N2. The van der Waals surface area contributed by atoms with Crippen LogP contribution in [0.25, 0.3) is 0 Å². The molecule has 0 saturated carbocycles. The van der Waals surface area contributed by atoms with Crippen molar-refractivity contribution in [3.63, 3.8) is 0 Å². The molecule has 0 bridgehead atoms. The van der Waals surface area contributed by atoms with Crippen LogP contribution in [0.4, 0.5) is 0 Å². The van der Waals surface area contributed by atoms with Gasteiger partial charge in [-0.2, -0.15) is 5.26 Å². The average Bonchev–Trinajstić information content (AvgIpc) is 2.29. The Morgan fingerprint density at radius 1 is 1.47 bits per heavy atom. The maximum Gasteiger partial charge on any atom is 0.0991 e. The van der Waals surface area contributed by atoms with Gasteiger partial charge in [0.25, 0.3) is 0 Å². The van der Waals surface area contributed by atoms with Gasteiger partial charge in [-0.05, 0) is 30.2 Å². The molecule has 0 aliphatic rings. The van der Waals surface area contributed by atoms with E-state index in [2.05, 4.69) is 25.2 Å². The summed E-state index contributed by atoms with van der Waals surface area (Å²) in [6.45, 7) is 6.31. The van der Waals surface area contributed by atoms with E-state index in [0.717, 1.165) is 18.7 Å². The van der Waals surface area contributed by atoms with E-state index in [1.54, 1.807) is 0 Å². The third-order valence-electron chi connectivity index (χ3n) is 2.57. The van der Waals surface area contributed by atoms with E-state index in [-0.39, 0.29) is 0 Å². The monoisotopic (exact) mass is 202 g/mol. The van der Waals surface area contributed by atoms with E-state index in [1.807, 2.05) is 24.3 Å². The molecule has 0 heterocycles. The van der Waals surface area contributed by atoms with Crippen LogP contribution in [0, 0.1) is 17.2 Å². The van der Waals surface area contributed by atoms with Crippen LogP contribution >= 0.6 is 0 Å². The SMILES string of the molecule is CCC(C)CNCc1cccc(C#N)c1. The molecule has 1 unspecified atom stereocenters. The lowest BCUT2D eigenvalue weighted by Gasteiger charge is -2.09. The Hall–Kier alpha value is -1.33. The quantitative estimate of drug-likeness (QED) is 0.796. The molecule has 0 radical (unpaired) electrons. The summed E-state index contributed by atoms with van der Waals surface area (Å²) in [4.78, 5) is 0. The fourth-order valence-electron chi connectivity index (χ4n) is 1.36. The van der Waals surface area contributed by atoms with Gasteiger partial charge in [0.05, 0.1) is 11.6 Å². The smallest absolute Gasteiger partial charge is 0.0991 e. The third-order valence-corrected chi connectivity index (χ3v) is 2.57. The Morgan fingerprint density at radius 3 is 2.93 bits per heavy atom. The Balaban J connectivity index is 2.41. The molecule has 15 heavy (non-hydrogen) atoms. The minimum atomic E-state index is 0.712. The zero-order valence-electron chi connectivity index (χ0n) is 9.46. The average molecular weight is 202 g/mol. The molecule has 0 aliphatic heterocycles. The molecular weight excluding hydrogens is 184 g/mol. The summed E-state index contributed by atoms with van der Waals surface area (Å²) in [7, 11) is 0. The van der Waals surface area contributed by atoms with E-state index in [0.29, 0.717) is 5.92 Å². The minimum absolute atomic E-state index is 0.712. The second kappa shape index (κ2) is 6.21. The third kappa shape index (κ3) is 4.14. The summed E-state index contributed by atoms with van der Waals surface area (Å²) >= 11 is 0. The van der Waals surface area contributed by atoms with E-state index in [4.69, 9.17) is 5.26 Å². The highest BCUT2D eigenvalue weighted by Gasteiger charge is 1.98. The Kier molecular flexibility index (Phi) is 4.86. The van der Waals surface area contributed by atoms with Crippen LogP contribution in [0.3, 0.4) is 0 Å². The van der Waals surface area contributed by atoms with Crippen molar-refractivity contribution in [2.75, 3.05) is 6.54 Å². The Bertz CT molecular complexity index is 339. The van der Waals surface area contributed by atoms with Gasteiger partial charge in [0, 0.05) is 6.54 Å². The molecule has 0 aromatic heterocycles. The number of hydrogen-bond donors (Lipinski definition) is 1. The fourth-order valence-corrected chi connectivity index (χ4v) is 1.36. The first-order chi connectivity index (χ1) is 7.26. The van der Waals surface area contributed by atoms with Crippen molar-refractivity contribution < 1.29 is 0 Å². The maximum absolute atomic E-state index is 8.74. The molecule has 1 rings (SSSR count). The van der Waals surface area contributed by atoms with Crippen LogP contribution in [0.1, 0.15) is 31.4 Å². The van der Waals surface area contributed by atoms with E-state index in [1.165, 1.54) is 12.0 Å². The predicted octanol–water partition coefficient (Wildman–Crippen LogP) is 2.69. The largest absolute Gasteiger partial charge is 0.312 e. The molecule has 1 N–H and O–H groups in total. The summed E-state index contributed by atoms with van der Waals surface area (Å²) in [5.41, 5.74) is 1.91. The second-order valence-corrected chi connectivity index (χ2v) is 3.96. The van der Waals surface area contributed by atoms with Gasteiger partial charge in [0.1, 0.15) is 0 Å². The van der Waals surface area contributed by atoms with Crippen LogP contribution < -0.4 is 5.32 Å². The van der Waals surface area contributed by atoms with Crippen molar-refractivity contribution in [3.8, 4) is 6.07 Å². The van der Waals surface area contributed by atoms with Crippen LogP contribution in [0.2, 0.25) is 0 Å². The first-order valence-corrected chi connectivity index (χ1v) is 5.46. The van der Waals surface area contributed by atoms with Gasteiger partial charge in [0.15, 0.2) is 0 Å². The highest BCUT2D eigenvalue weighted by atomic mass is 14.8. The van der Waals surface area contributed by atoms with Crippen molar-refractivity contribution in [1.29, 1.82) is 5.26 Å². The summed E-state index contributed by atoms with van der Waals surface area (Å²) in [6, 6.07) is 9.89. The van der Waals surface area contributed by atoms with Crippen molar-refractivity contribution >= 4 is 0 Å². The Labute approximate surface area is 91.9 Å². The number of rotatable bonds is 5. The lowest BCUT2D eigenvalue weighted by Crippen LogP contribution is -2.20. The zero-order valence-corrected chi connectivity index (χ0v) is 9.46. The lowest BCUT2D eigenvalue weighted by atomic mass is 10.1. The Morgan fingerprint density at radius 2 is 2.27 bits per heavy atom. The van der Waals surface area contributed by atoms with Gasteiger partial charge in [-0.25, -0.2) is 0 Å². The van der Waals surface area contributed by atoms with Crippen LogP contribution in [-0.4, -0.2) is 6.54 Å². The fraction of sp³-hybridized carbons (Fsp3) is 0.462. The molecule has 1 aromatic carbocycles. The van der Waals surface area contributed by atoms with E-state index in [9.17, 15) is 0 Å². The van der Waals surface area contributed by atoms with Gasteiger partial charge in [-0.3, -0.25) is 0 Å². The van der Waals surface area contributed by atoms with Gasteiger partial charge in [0.2, 0.25) is 0 Å².